The van der Waals surface area contributed by atoms with Gasteiger partial charge in [-0.1, -0.05) is 46.6 Å². The third-order valence-electron chi connectivity index (χ3n) is 8.17. The van der Waals surface area contributed by atoms with Crippen LogP contribution < -0.4 is 11.1 Å². The maximum absolute atomic E-state index is 13.1. The second-order valence-electron chi connectivity index (χ2n) is 12.7. The van der Waals surface area contributed by atoms with E-state index in [1.807, 2.05) is 6.07 Å². The van der Waals surface area contributed by atoms with Crippen LogP contribution >= 0.6 is 0 Å². The molecule has 1 saturated carbocycles. The van der Waals surface area contributed by atoms with Crippen LogP contribution in [0.4, 0.5) is 10.6 Å². The van der Waals surface area contributed by atoms with Crippen LogP contribution in [-0.2, 0) is 38.9 Å². The van der Waals surface area contributed by atoms with Crippen molar-refractivity contribution in [2.24, 2.45) is 17.1 Å². The van der Waals surface area contributed by atoms with Gasteiger partial charge >= 0.3 is 18.0 Å². The Morgan fingerprint density at radius 2 is 1.96 bits per heavy atom. The van der Waals surface area contributed by atoms with E-state index >= 15 is 0 Å². The lowest BCUT2D eigenvalue weighted by molar-refractivity contribution is -0.163. The molecule has 2 aliphatic rings. The molecule has 15 heteroatoms. The molecule has 1 aliphatic carbocycles. The highest BCUT2D eigenvalue weighted by molar-refractivity contribution is 5.88. The van der Waals surface area contributed by atoms with Gasteiger partial charge in [0.15, 0.2) is 11.9 Å². The quantitative estimate of drug-likeness (QED) is 0.139. The van der Waals surface area contributed by atoms with Crippen molar-refractivity contribution >= 4 is 29.4 Å². The molecule has 2 aromatic heterocycles. The van der Waals surface area contributed by atoms with E-state index in [0.29, 0.717) is 5.76 Å². The van der Waals surface area contributed by atoms with E-state index in [9.17, 15) is 24.8 Å². The van der Waals surface area contributed by atoms with E-state index in [1.165, 1.54) is 16.6 Å². The summed E-state index contributed by atoms with van der Waals surface area (Å²) < 4.78 is 28.6. The SMILES string of the molecule is C=C(C)OCOC(=O)Nc1ncnn2c([C@]3(C#N)OC(COC(=O)CC4CCCCC4)[C@@H](OC(=O)[C@@H](N)C(C)(C)C)[C@H]3O)ccc12. The molecule has 5 atom stereocenters. The molecule has 1 aliphatic heterocycles. The van der Waals surface area contributed by atoms with E-state index in [-0.39, 0.29) is 36.2 Å². The third-order valence-corrected chi connectivity index (χ3v) is 8.17. The van der Waals surface area contributed by atoms with E-state index in [1.54, 1.807) is 27.7 Å². The summed E-state index contributed by atoms with van der Waals surface area (Å²) in [6.07, 6.45) is 1.19. The van der Waals surface area contributed by atoms with Gasteiger partial charge in [0.05, 0.1) is 11.5 Å². The predicted molar refractivity (Wildman–Crippen MR) is 161 cm³/mol. The fourth-order valence-corrected chi connectivity index (χ4v) is 5.49. The highest BCUT2D eigenvalue weighted by Crippen LogP contribution is 2.42. The molecule has 1 saturated heterocycles. The number of aromatic nitrogens is 3. The van der Waals surface area contributed by atoms with Crippen molar-refractivity contribution in [3.8, 4) is 6.07 Å². The fraction of sp³-hybridized carbons (Fsp3) is 0.613. The average molecular weight is 643 g/mol. The van der Waals surface area contributed by atoms with Gasteiger partial charge in [-0.25, -0.2) is 14.3 Å². The summed E-state index contributed by atoms with van der Waals surface area (Å²) in [4.78, 5) is 42.3. The minimum absolute atomic E-state index is 0.0227. The van der Waals surface area contributed by atoms with E-state index in [4.69, 9.17) is 29.4 Å². The summed E-state index contributed by atoms with van der Waals surface area (Å²) in [5.41, 5.74) is 3.58. The van der Waals surface area contributed by atoms with Crippen LogP contribution in [0.25, 0.3) is 5.52 Å². The van der Waals surface area contributed by atoms with Crippen molar-refractivity contribution in [1.82, 2.24) is 14.6 Å². The van der Waals surface area contributed by atoms with Crippen molar-refractivity contribution < 1.29 is 43.2 Å². The molecule has 15 nitrogen and oxygen atoms in total. The number of nitrogens with one attached hydrogen (secondary N) is 1. The lowest BCUT2D eigenvalue weighted by Crippen LogP contribution is -2.49. The minimum atomic E-state index is -2.15. The Hall–Kier alpha value is -4.26. The number of hydrogen-bond acceptors (Lipinski definition) is 13. The van der Waals surface area contributed by atoms with E-state index in [2.05, 4.69) is 22.0 Å². The second kappa shape index (κ2) is 14.4. The van der Waals surface area contributed by atoms with Crippen LogP contribution in [0.2, 0.25) is 0 Å². The molecule has 4 N–H and O–H groups in total. The van der Waals surface area contributed by atoms with Crippen molar-refractivity contribution in [2.75, 3.05) is 18.7 Å². The molecule has 0 aromatic carbocycles. The first-order valence-electron chi connectivity index (χ1n) is 15.2. The molecule has 0 bridgehead atoms. The number of carbonyl (C=O) groups excluding carboxylic acids is 3. The standard InChI is InChI=1S/C31H42N6O9/c1-18(2)43-17-44-29(41)36-27-20-11-12-22(37(20)35-16-34-27)31(15-32)26(39)24(45-28(40)25(33)30(3,4)5)21(46-31)14-42-23(38)13-19-9-7-6-8-10-19/h11-12,16,19,21,24-26,39H,1,6-10,13-14,17,33H2,2-5H3,(H,34,35,36,41)/t21?,24-,25-,26-,31+/m1/s1. The Balaban J connectivity index is 1.60. The Morgan fingerprint density at radius 3 is 2.61 bits per heavy atom. The Labute approximate surface area is 267 Å². The van der Waals surface area contributed by atoms with Crippen LogP contribution in [0.5, 0.6) is 0 Å². The van der Waals surface area contributed by atoms with Crippen LogP contribution in [0.15, 0.2) is 30.8 Å². The summed E-state index contributed by atoms with van der Waals surface area (Å²) >= 11 is 0. The number of ether oxygens (including phenoxy) is 5. The molecular weight excluding hydrogens is 600 g/mol. The molecular formula is C31H42N6O9. The number of esters is 2. The molecule has 2 aromatic rings. The Kier molecular flexibility index (Phi) is 10.9. The van der Waals surface area contributed by atoms with Gasteiger partial charge in [0.2, 0.25) is 12.4 Å². The third kappa shape index (κ3) is 7.75. The summed E-state index contributed by atoms with van der Waals surface area (Å²) in [6.45, 7) is 9.65. The summed E-state index contributed by atoms with van der Waals surface area (Å²) in [7, 11) is 0. The molecule has 0 spiro atoms. The molecule has 4 rings (SSSR count). The highest BCUT2D eigenvalue weighted by atomic mass is 16.7. The van der Waals surface area contributed by atoms with Crippen LogP contribution in [0, 0.1) is 22.7 Å². The molecule has 1 amide bonds. The zero-order valence-corrected chi connectivity index (χ0v) is 26.6. The number of aliphatic hydroxyl groups excluding tert-OH is 1. The largest absolute Gasteiger partial charge is 0.463 e. The first kappa shape index (κ1) is 34.6. The maximum Gasteiger partial charge on any atom is 0.415 e. The van der Waals surface area contributed by atoms with Gasteiger partial charge in [-0.2, -0.15) is 10.4 Å². The van der Waals surface area contributed by atoms with Crippen molar-refractivity contribution in [3.05, 3.63) is 36.5 Å². The number of rotatable bonds is 11. The van der Waals surface area contributed by atoms with Gasteiger partial charge in [-0.3, -0.25) is 14.9 Å². The predicted octanol–water partition coefficient (Wildman–Crippen LogP) is 3.06. The Morgan fingerprint density at radius 1 is 1.24 bits per heavy atom. The van der Waals surface area contributed by atoms with Gasteiger partial charge in [0.25, 0.3) is 0 Å². The number of nitrogens with two attached hydrogens (primary N) is 1. The highest BCUT2D eigenvalue weighted by Gasteiger charge is 2.60. The van der Waals surface area contributed by atoms with Crippen LogP contribution in [0.3, 0.4) is 0 Å². The fourth-order valence-electron chi connectivity index (χ4n) is 5.49. The first-order chi connectivity index (χ1) is 21.8. The maximum atomic E-state index is 13.1. The number of carbonyl (C=O) groups is 3. The van der Waals surface area contributed by atoms with Crippen molar-refractivity contribution in [2.45, 2.75) is 96.2 Å². The number of amides is 1. The number of nitriles is 1. The monoisotopic (exact) mass is 642 g/mol. The molecule has 3 heterocycles. The molecule has 250 valence electrons. The van der Waals surface area contributed by atoms with Gasteiger partial charge in [0, 0.05) is 6.42 Å². The van der Waals surface area contributed by atoms with Gasteiger partial charge in [-0.05, 0) is 43.2 Å². The summed E-state index contributed by atoms with van der Waals surface area (Å²) in [5, 5.41) is 28.8. The lowest BCUT2D eigenvalue weighted by atomic mass is 9.87. The number of nitrogens with zero attached hydrogens (tertiary/aromatic N) is 4. The number of hydrogen-bond donors (Lipinski definition) is 3. The minimum Gasteiger partial charge on any atom is -0.463 e. The Bertz CT molecular complexity index is 1470. The zero-order chi connectivity index (χ0) is 33.6. The lowest BCUT2D eigenvalue weighted by Gasteiger charge is -2.29. The van der Waals surface area contributed by atoms with Gasteiger partial charge < -0.3 is 34.5 Å². The van der Waals surface area contributed by atoms with Gasteiger partial charge in [0.1, 0.15) is 42.8 Å². The van der Waals surface area contributed by atoms with Gasteiger partial charge in [-0.15, -0.1) is 0 Å². The second-order valence-corrected chi connectivity index (χ2v) is 12.7. The average Bonchev–Trinajstić information content (AvgIpc) is 3.55. The normalized spacial score (nSPS) is 24.1. The number of anilines is 1. The number of allylic oxidation sites excluding steroid dienone is 1. The van der Waals surface area contributed by atoms with Crippen molar-refractivity contribution in [3.63, 3.8) is 0 Å². The van der Waals surface area contributed by atoms with E-state index < -0.39 is 60.0 Å². The van der Waals surface area contributed by atoms with Crippen LogP contribution in [-0.4, -0.2) is 75.5 Å². The van der Waals surface area contributed by atoms with Crippen molar-refractivity contribution in [1.29, 1.82) is 5.26 Å². The summed E-state index contributed by atoms with van der Waals surface area (Å²) in [6, 6.07) is 3.90. The molecule has 46 heavy (non-hydrogen) atoms. The first-order valence-corrected chi connectivity index (χ1v) is 15.2. The summed E-state index contributed by atoms with van der Waals surface area (Å²) in [5.74, 6) is -0.677. The number of aliphatic hydroxyl groups is 1. The smallest absolute Gasteiger partial charge is 0.415 e. The molecule has 2 fully saturated rings. The topological polar surface area (TPSA) is 210 Å². The van der Waals surface area contributed by atoms with E-state index in [0.717, 1.165) is 38.4 Å². The number of fused-ring (bicyclic) bond motifs is 1. The zero-order valence-electron chi connectivity index (χ0n) is 26.6. The molecule has 0 radical (unpaired) electrons. The molecule has 1 unspecified atom stereocenters. The van der Waals surface area contributed by atoms with Crippen LogP contribution in [0.1, 0.15) is 71.9 Å².